The molecule has 7 heteroatoms. The first-order chi connectivity index (χ1) is 10.3. The number of aryl methyl sites for hydroxylation is 1. The highest BCUT2D eigenvalue weighted by Crippen LogP contribution is 2.16. The van der Waals surface area contributed by atoms with E-state index in [1.807, 2.05) is 47.2 Å². The molecule has 0 fully saturated rings. The molecule has 4 rings (SSSR count). The first kappa shape index (κ1) is 12.1. The largest absolute Gasteiger partial charge is 0.323 e. The molecule has 21 heavy (non-hydrogen) atoms. The van der Waals surface area contributed by atoms with Gasteiger partial charge in [-0.15, -0.1) is 11.3 Å². The van der Waals surface area contributed by atoms with Crippen molar-refractivity contribution in [3.8, 4) is 0 Å². The third-order valence-electron chi connectivity index (χ3n) is 3.23. The van der Waals surface area contributed by atoms with Crippen molar-refractivity contribution >= 4 is 39.5 Å². The van der Waals surface area contributed by atoms with E-state index in [1.165, 1.54) is 0 Å². The molecule has 0 unspecified atom stereocenters. The number of para-hydroxylation sites is 2. The van der Waals surface area contributed by atoms with Crippen molar-refractivity contribution in [2.45, 2.75) is 6.92 Å². The number of hydrogen-bond acceptors (Lipinski definition) is 5. The number of imidazole rings is 2. The summed E-state index contributed by atoms with van der Waals surface area (Å²) >= 11 is 1.61. The summed E-state index contributed by atoms with van der Waals surface area (Å²) in [6.45, 7) is 1.97. The van der Waals surface area contributed by atoms with Crippen molar-refractivity contribution in [3.63, 3.8) is 0 Å². The van der Waals surface area contributed by atoms with Crippen LogP contribution < -0.4 is 5.43 Å². The maximum Gasteiger partial charge on any atom is 0.222 e. The van der Waals surface area contributed by atoms with Gasteiger partial charge in [0.05, 0.1) is 28.6 Å². The van der Waals surface area contributed by atoms with Crippen molar-refractivity contribution < 1.29 is 0 Å². The second kappa shape index (κ2) is 4.71. The normalized spacial score (nSPS) is 11.9. The van der Waals surface area contributed by atoms with Gasteiger partial charge in [-0.2, -0.15) is 5.10 Å². The fourth-order valence-electron chi connectivity index (χ4n) is 2.23. The average molecular weight is 296 g/mol. The van der Waals surface area contributed by atoms with Gasteiger partial charge in [-0.25, -0.2) is 15.4 Å². The molecule has 6 nitrogen and oxygen atoms in total. The minimum absolute atomic E-state index is 0.621. The van der Waals surface area contributed by atoms with Crippen molar-refractivity contribution in [2.24, 2.45) is 5.10 Å². The van der Waals surface area contributed by atoms with E-state index < -0.39 is 0 Å². The molecule has 0 aliphatic carbocycles. The monoisotopic (exact) mass is 296 g/mol. The smallest absolute Gasteiger partial charge is 0.222 e. The van der Waals surface area contributed by atoms with E-state index in [0.29, 0.717) is 5.95 Å². The molecule has 1 aromatic carbocycles. The Kier molecular flexibility index (Phi) is 2.71. The van der Waals surface area contributed by atoms with Crippen LogP contribution in [-0.4, -0.2) is 25.6 Å². The Balaban J connectivity index is 1.61. The number of hydrazone groups is 1. The summed E-state index contributed by atoms with van der Waals surface area (Å²) in [5.41, 5.74) is 6.74. The van der Waals surface area contributed by atoms with E-state index >= 15 is 0 Å². The zero-order valence-electron chi connectivity index (χ0n) is 11.2. The number of benzene rings is 1. The molecular weight excluding hydrogens is 284 g/mol. The van der Waals surface area contributed by atoms with Gasteiger partial charge in [-0.3, -0.25) is 4.40 Å². The SMILES string of the molecule is Cc1nc2sccn2c1/C=N\Nc1nc2ccccc2[nH]1. The lowest BCUT2D eigenvalue weighted by atomic mass is 10.3. The second-order valence-electron chi connectivity index (χ2n) is 4.61. The molecule has 2 N–H and O–H groups in total. The maximum absolute atomic E-state index is 4.47. The summed E-state index contributed by atoms with van der Waals surface area (Å²) in [7, 11) is 0. The number of hydrogen-bond donors (Lipinski definition) is 2. The highest BCUT2D eigenvalue weighted by atomic mass is 32.1. The first-order valence-corrected chi connectivity index (χ1v) is 7.35. The van der Waals surface area contributed by atoms with E-state index in [0.717, 1.165) is 27.4 Å². The van der Waals surface area contributed by atoms with Gasteiger partial charge in [-0.1, -0.05) is 12.1 Å². The zero-order chi connectivity index (χ0) is 14.2. The van der Waals surface area contributed by atoms with E-state index in [1.54, 1.807) is 17.6 Å². The molecule has 3 aromatic heterocycles. The molecule has 0 spiro atoms. The van der Waals surface area contributed by atoms with E-state index in [-0.39, 0.29) is 0 Å². The Morgan fingerprint density at radius 3 is 3.14 bits per heavy atom. The van der Waals surface area contributed by atoms with Crippen LogP contribution in [0.1, 0.15) is 11.4 Å². The first-order valence-electron chi connectivity index (χ1n) is 6.47. The Bertz CT molecular complexity index is 912. The van der Waals surface area contributed by atoms with Crippen LogP contribution in [0, 0.1) is 6.92 Å². The number of nitrogens with zero attached hydrogens (tertiary/aromatic N) is 4. The van der Waals surface area contributed by atoms with Crippen LogP contribution in [0.5, 0.6) is 0 Å². The number of aromatic nitrogens is 4. The Labute approximate surface area is 124 Å². The van der Waals surface area contributed by atoms with Gasteiger partial charge in [0.1, 0.15) is 0 Å². The summed E-state index contributed by atoms with van der Waals surface area (Å²) in [6.07, 6.45) is 3.75. The van der Waals surface area contributed by atoms with Crippen molar-refractivity contribution in [1.29, 1.82) is 0 Å². The van der Waals surface area contributed by atoms with Crippen LogP contribution in [0.2, 0.25) is 0 Å². The van der Waals surface area contributed by atoms with Crippen molar-refractivity contribution in [1.82, 2.24) is 19.4 Å². The van der Waals surface area contributed by atoms with Gasteiger partial charge in [0.2, 0.25) is 5.95 Å². The number of thiazole rings is 1. The summed E-state index contributed by atoms with van der Waals surface area (Å²) in [4.78, 5) is 13.0. The third kappa shape index (κ3) is 2.07. The number of nitrogens with one attached hydrogen (secondary N) is 2. The Morgan fingerprint density at radius 1 is 1.33 bits per heavy atom. The molecule has 3 heterocycles. The molecular formula is C14H12N6S. The molecule has 4 aromatic rings. The Morgan fingerprint density at radius 2 is 2.24 bits per heavy atom. The van der Waals surface area contributed by atoms with Crippen LogP contribution in [0.3, 0.4) is 0 Å². The van der Waals surface area contributed by atoms with E-state index in [2.05, 4.69) is 25.5 Å². The highest BCUT2D eigenvalue weighted by Gasteiger charge is 2.07. The van der Waals surface area contributed by atoms with Crippen molar-refractivity contribution in [3.05, 3.63) is 47.2 Å². The van der Waals surface area contributed by atoms with Gasteiger partial charge in [0.15, 0.2) is 4.96 Å². The average Bonchev–Trinajstić information content (AvgIpc) is 3.14. The van der Waals surface area contributed by atoms with Gasteiger partial charge in [0.25, 0.3) is 0 Å². The highest BCUT2D eigenvalue weighted by molar-refractivity contribution is 7.15. The van der Waals surface area contributed by atoms with Crippen LogP contribution in [0.15, 0.2) is 40.9 Å². The lowest BCUT2D eigenvalue weighted by Gasteiger charge is -1.94. The van der Waals surface area contributed by atoms with Gasteiger partial charge >= 0.3 is 0 Å². The number of rotatable bonds is 3. The third-order valence-corrected chi connectivity index (χ3v) is 3.99. The van der Waals surface area contributed by atoms with E-state index in [4.69, 9.17) is 0 Å². The zero-order valence-corrected chi connectivity index (χ0v) is 12.1. The van der Waals surface area contributed by atoms with Crippen LogP contribution in [0.25, 0.3) is 16.0 Å². The summed E-state index contributed by atoms with van der Waals surface area (Å²) < 4.78 is 2.02. The van der Waals surface area contributed by atoms with Crippen LogP contribution >= 0.6 is 11.3 Å². The Hall–Kier alpha value is -2.67. The number of anilines is 1. The van der Waals surface area contributed by atoms with Crippen molar-refractivity contribution in [2.75, 3.05) is 5.43 Å². The summed E-state index contributed by atoms with van der Waals surface area (Å²) in [6, 6.07) is 7.86. The lowest BCUT2D eigenvalue weighted by molar-refractivity contribution is 1.18. The fourth-order valence-corrected chi connectivity index (χ4v) is 2.99. The standard InChI is InChI=1S/C14H12N6S/c1-9-12(20-6-7-21-14(20)16-9)8-15-19-13-17-10-4-2-3-5-11(10)18-13/h2-8H,1H3,(H2,17,18,19)/b15-8-. The molecule has 0 saturated heterocycles. The van der Waals surface area contributed by atoms with Crippen LogP contribution in [-0.2, 0) is 0 Å². The molecule has 104 valence electrons. The summed E-state index contributed by atoms with van der Waals surface area (Å²) in [5, 5.41) is 6.25. The van der Waals surface area contributed by atoms with Gasteiger partial charge < -0.3 is 4.98 Å². The molecule has 0 radical (unpaired) electrons. The predicted molar refractivity (Wildman–Crippen MR) is 85.1 cm³/mol. The number of H-pyrrole nitrogens is 1. The number of aromatic amines is 1. The number of fused-ring (bicyclic) bond motifs is 2. The second-order valence-corrected chi connectivity index (χ2v) is 5.48. The summed E-state index contributed by atoms with van der Waals surface area (Å²) in [5.74, 6) is 0.621. The molecule has 0 aliphatic heterocycles. The molecule has 0 aliphatic rings. The van der Waals surface area contributed by atoms with Gasteiger partial charge in [0, 0.05) is 11.6 Å². The molecule has 0 atom stereocenters. The minimum atomic E-state index is 0.621. The predicted octanol–water partition coefficient (Wildman–Crippen LogP) is 3.03. The quantitative estimate of drug-likeness (QED) is 0.451. The minimum Gasteiger partial charge on any atom is -0.323 e. The lowest BCUT2D eigenvalue weighted by Crippen LogP contribution is -1.95. The fraction of sp³-hybridized carbons (Fsp3) is 0.0714. The molecule has 0 amide bonds. The van der Waals surface area contributed by atoms with Crippen LogP contribution in [0.4, 0.5) is 5.95 Å². The molecule has 0 saturated carbocycles. The molecule has 0 bridgehead atoms. The van der Waals surface area contributed by atoms with E-state index in [9.17, 15) is 0 Å². The topological polar surface area (TPSA) is 70.4 Å². The maximum atomic E-state index is 4.47. The van der Waals surface area contributed by atoms with Gasteiger partial charge in [-0.05, 0) is 19.1 Å².